The molecule has 0 fully saturated rings. The summed E-state index contributed by atoms with van der Waals surface area (Å²) in [6.45, 7) is 0. The van der Waals surface area contributed by atoms with Crippen molar-refractivity contribution in [2.24, 2.45) is 0 Å². The summed E-state index contributed by atoms with van der Waals surface area (Å²) < 4.78 is 18.0. The largest absolute Gasteiger partial charge is 0.494 e. The molecule has 0 aliphatic heterocycles. The van der Waals surface area contributed by atoms with Gasteiger partial charge in [-0.1, -0.05) is 0 Å². The molecule has 0 saturated carbocycles. The third-order valence-electron chi connectivity index (χ3n) is 2.08. The van der Waals surface area contributed by atoms with Gasteiger partial charge in [0.1, 0.15) is 5.82 Å². The molecule has 88 valence electrons. The number of nitrogens with one attached hydrogen (secondary N) is 1. The van der Waals surface area contributed by atoms with Crippen LogP contribution in [-0.2, 0) is 0 Å². The molecule has 1 aromatic carbocycles. The molecular formula is C11H11FN4O. The van der Waals surface area contributed by atoms with Crippen LogP contribution in [0.25, 0.3) is 0 Å². The monoisotopic (exact) mass is 234 g/mol. The summed E-state index contributed by atoms with van der Waals surface area (Å²) in [5, 5.41) is 2.90. The van der Waals surface area contributed by atoms with Gasteiger partial charge in [-0.15, -0.1) is 0 Å². The molecule has 0 spiro atoms. The quantitative estimate of drug-likeness (QED) is 0.849. The van der Waals surface area contributed by atoms with Crippen LogP contribution in [-0.4, -0.2) is 17.1 Å². The highest BCUT2D eigenvalue weighted by atomic mass is 19.1. The predicted molar refractivity (Wildman–Crippen MR) is 62.7 cm³/mol. The number of hydrogen-bond acceptors (Lipinski definition) is 5. The number of rotatable bonds is 3. The third-order valence-corrected chi connectivity index (χ3v) is 2.08. The van der Waals surface area contributed by atoms with Gasteiger partial charge in [0.15, 0.2) is 11.6 Å². The van der Waals surface area contributed by atoms with Gasteiger partial charge in [-0.2, -0.15) is 4.98 Å². The number of nitrogens with zero attached hydrogens (tertiary/aromatic N) is 2. The number of hydrogen-bond donors (Lipinski definition) is 2. The van der Waals surface area contributed by atoms with Crippen molar-refractivity contribution in [3.05, 3.63) is 36.3 Å². The van der Waals surface area contributed by atoms with Crippen LogP contribution < -0.4 is 15.8 Å². The van der Waals surface area contributed by atoms with Crippen LogP contribution in [0.5, 0.6) is 5.75 Å². The Morgan fingerprint density at radius 1 is 1.35 bits per heavy atom. The first-order chi connectivity index (χ1) is 8.19. The van der Waals surface area contributed by atoms with Crippen LogP contribution in [0.2, 0.25) is 0 Å². The highest BCUT2D eigenvalue weighted by molar-refractivity contribution is 5.56. The predicted octanol–water partition coefficient (Wildman–Crippen LogP) is 1.95. The van der Waals surface area contributed by atoms with Gasteiger partial charge in [0, 0.05) is 18.0 Å². The van der Waals surface area contributed by atoms with Gasteiger partial charge in [0.05, 0.1) is 7.11 Å². The first-order valence-corrected chi connectivity index (χ1v) is 4.88. The molecule has 0 aliphatic rings. The van der Waals surface area contributed by atoms with E-state index >= 15 is 0 Å². The molecule has 17 heavy (non-hydrogen) atoms. The van der Waals surface area contributed by atoms with Crippen molar-refractivity contribution in [1.82, 2.24) is 9.97 Å². The second-order valence-corrected chi connectivity index (χ2v) is 3.28. The lowest BCUT2D eigenvalue weighted by molar-refractivity contribution is 0.387. The summed E-state index contributed by atoms with van der Waals surface area (Å²) in [4.78, 5) is 7.94. The number of aromatic nitrogens is 2. The van der Waals surface area contributed by atoms with E-state index in [0.29, 0.717) is 17.5 Å². The number of benzene rings is 1. The molecule has 0 radical (unpaired) electrons. The Morgan fingerprint density at radius 2 is 2.18 bits per heavy atom. The van der Waals surface area contributed by atoms with Crippen molar-refractivity contribution in [2.45, 2.75) is 0 Å². The van der Waals surface area contributed by atoms with Crippen molar-refractivity contribution in [2.75, 3.05) is 18.2 Å². The van der Waals surface area contributed by atoms with E-state index in [0.717, 1.165) is 0 Å². The zero-order valence-corrected chi connectivity index (χ0v) is 9.14. The molecule has 0 bridgehead atoms. The van der Waals surface area contributed by atoms with Gasteiger partial charge < -0.3 is 15.8 Å². The van der Waals surface area contributed by atoms with Crippen LogP contribution >= 0.6 is 0 Å². The maximum atomic E-state index is 13.2. The number of halogens is 1. The molecule has 2 rings (SSSR count). The zero-order chi connectivity index (χ0) is 12.3. The standard InChI is InChI=1S/C11H11FN4O/c1-17-9-6-7(2-3-8(9)12)15-11-14-5-4-10(13)16-11/h2-6H,1H3,(H3,13,14,15,16). The second-order valence-electron chi connectivity index (χ2n) is 3.28. The highest BCUT2D eigenvalue weighted by Gasteiger charge is 2.04. The topological polar surface area (TPSA) is 73.1 Å². The smallest absolute Gasteiger partial charge is 0.229 e. The Balaban J connectivity index is 2.24. The maximum absolute atomic E-state index is 13.2. The van der Waals surface area contributed by atoms with E-state index < -0.39 is 5.82 Å². The minimum Gasteiger partial charge on any atom is -0.494 e. The van der Waals surface area contributed by atoms with Crippen LogP contribution in [0, 0.1) is 5.82 Å². The Labute approximate surface area is 97.5 Å². The summed E-state index contributed by atoms with van der Waals surface area (Å²) in [5.74, 6) is 0.431. The Morgan fingerprint density at radius 3 is 2.88 bits per heavy atom. The lowest BCUT2D eigenvalue weighted by atomic mass is 10.3. The van der Waals surface area contributed by atoms with Crippen molar-refractivity contribution in [1.29, 1.82) is 0 Å². The van der Waals surface area contributed by atoms with Gasteiger partial charge in [0.2, 0.25) is 5.95 Å². The molecule has 6 heteroatoms. The Kier molecular flexibility index (Phi) is 3.04. The lowest BCUT2D eigenvalue weighted by Crippen LogP contribution is -2.00. The van der Waals surface area contributed by atoms with Gasteiger partial charge in [-0.3, -0.25) is 0 Å². The second kappa shape index (κ2) is 4.65. The molecule has 0 saturated heterocycles. The van der Waals surface area contributed by atoms with Crippen LogP contribution in [0.1, 0.15) is 0 Å². The normalized spacial score (nSPS) is 10.0. The van der Waals surface area contributed by atoms with Gasteiger partial charge >= 0.3 is 0 Å². The molecule has 1 heterocycles. The molecule has 0 aliphatic carbocycles. The van der Waals surface area contributed by atoms with Gasteiger partial charge in [-0.05, 0) is 18.2 Å². The number of methoxy groups -OCH3 is 1. The van der Waals surface area contributed by atoms with E-state index in [4.69, 9.17) is 10.5 Å². The SMILES string of the molecule is COc1cc(Nc2nccc(N)n2)ccc1F. The molecule has 2 aromatic rings. The first kappa shape index (κ1) is 11.1. The minimum atomic E-state index is -0.424. The number of ether oxygens (including phenoxy) is 1. The Bertz CT molecular complexity index is 533. The Hall–Kier alpha value is -2.37. The van der Waals surface area contributed by atoms with Crippen molar-refractivity contribution < 1.29 is 9.13 Å². The van der Waals surface area contributed by atoms with E-state index in [-0.39, 0.29) is 5.75 Å². The summed E-state index contributed by atoms with van der Waals surface area (Å²) in [5.41, 5.74) is 6.14. The molecule has 0 amide bonds. The molecule has 5 nitrogen and oxygen atoms in total. The summed E-state index contributed by atoms with van der Waals surface area (Å²) in [6.07, 6.45) is 1.53. The number of anilines is 3. The van der Waals surface area contributed by atoms with E-state index in [1.165, 1.54) is 25.4 Å². The van der Waals surface area contributed by atoms with E-state index in [1.807, 2.05) is 0 Å². The molecule has 0 atom stereocenters. The average Bonchev–Trinajstić information content (AvgIpc) is 2.32. The van der Waals surface area contributed by atoms with E-state index in [2.05, 4.69) is 15.3 Å². The number of nitrogen functional groups attached to an aromatic ring is 1. The fraction of sp³-hybridized carbons (Fsp3) is 0.0909. The fourth-order valence-corrected chi connectivity index (χ4v) is 1.30. The van der Waals surface area contributed by atoms with Crippen molar-refractivity contribution >= 4 is 17.5 Å². The lowest BCUT2D eigenvalue weighted by Gasteiger charge is -2.07. The first-order valence-electron chi connectivity index (χ1n) is 4.88. The average molecular weight is 234 g/mol. The highest BCUT2D eigenvalue weighted by Crippen LogP contribution is 2.23. The van der Waals surface area contributed by atoms with Gasteiger partial charge in [-0.25, -0.2) is 9.37 Å². The van der Waals surface area contributed by atoms with Gasteiger partial charge in [0.25, 0.3) is 0 Å². The van der Waals surface area contributed by atoms with Crippen LogP contribution in [0.4, 0.5) is 21.8 Å². The van der Waals surface area contributed by atoms with Crippen LogP contribution in [0.15, 0.2) is 30.5 Å². The number of nitrogens with two attached hydrogens (primary N) is 1. The fourth-order valence-electron chi connectivity index (χ4n) is 1.30. The van der Waals surface area contributed by atoms with Crippen molar-refractivity contribution in [3.8, 4) is 5.75 Å². The van der Waals surface area contributed by atoms with Crippen LogP contribution in [0.3, 0.4) is 0 Å². The summed E-state index contributed by atoms with van der Waals surface area (Å²) >= 11 is 0. The molecule has 1 aromatic heterocycles. The molecule has 3 N–H and O–H groups in total. The zero-order valence-electron chi connectivity index (χ0n) is 9.14. The maximum Gasteiger partial charge on any atom is 0.229 e. The summed E-state index contributed by atoms with van der Waals surface area (Å²) in [7, 11) is 1.40. The third kappa shape index (κ3) is 2.60. The molecule has 0 unspecified atom stereocenters. The molecular weight excluding hydrogens is 223 g/mol. The minimum absolute atomic E-state index is 0.152. The van der Waals surface area contributed by atoms with Crippen molar-refractivity contribution in [3.63, 3.8) is 0 Å². The van der Waals surface area contributed by atoms with E-state index in [1.54, 1.807) is 12.1 Å². The summed E-state index contributed by atoms with van der Waals surface area (Å²) in [6, 6.07) is 5.95. The van der Waals surface area contributed by atoms with E-state index in [9.17, 15) is 4.39 Å².